The van der Waals surface area contributed by atoms with Crippen molar-refractivity contribution < 1.29 is 4.79 Å². The molecular weight excluding hydrogens is 299 g/mol. The molecule has 1 aromatic carbocycles. The third-order valence-corrected chi connectivity index (χ3v) is 3.40. The van der Waals surface area contributed by atoms with Crippen LogP contribution in [-0.2, 0) is 11.3 Å². The van der Waals surface area contributed by atoms with Crippen molar-refractivity contribution in [1.29, 1.82) is 0 Å². The van der Waals surface area contributed by atoms with Gasteiger partial charge in [-0.2, -0.15) is 5.10 Å². The Bertz CT molecular complexity index is 586. The number of nitrogens with zero attached hydrogens (tertiary/aromatic N) is 3. The number of benzene rings is 1. The topological polar surface area (TPSA) is 59.8 Å². The maximum atomic E-state index is 11.9. The molecule has 1 amide bonds. The average Bonchev–Trinajstić information content (AvgIpc) is 2.89. The monoisotopic (exact) mass is 312 g/mol. The molecule has 2 rings (SSSR count). The van der Waals surface area contributed by atoms with Gasteiger partial charge in [0, 0.05) is 16.5 Å². The molecule has 0 aliphatic carbocycles. The van der Waals surface area contributed by atoms with Crippen molar-refractivity contribution >= 4 is 29.1 Å². The molecule has 2 aromatic rings. The summed E-state index contributed by atoms with van der Waals surface area (Å²) in [5, 5.41) is 7.95. The number of hydrogen-bond donors (Lipinski definition) is 1. The lowest BCUT2D eigenvalue weighted by Crippen LogP contribution is -2.27. The Balaban J connectivity index is 1.90. The van der Waals surface area contributed by atoms with Gasteiger partial charge in [0.15, 0.2) is 0 Å². The van der Waals surface area contributed by atoms with Crippen molar-refractivity contribution in [2.45, 2.75) is 25.9 Å². The van der Waals surface area contributed by atoms with Gasteiger partial charge in [-0.25, -0.2) is 4.98 Å². The highest BCUT2D eigenvalue weighted by atomic mass is 35.5. The van der Waals surface area contributed by atoms with E-state index >= 15 is 0 Å². The Hall–Kier alpha value is -1.59. The summed E-state index contributed by atoms with van der Waals surface area (Å²) < 4.78 is 1.61. The van der Waals surface area contributed by atoms with Crippen LogP contribution in [0, 0.1) is 0 Å². The molecule has 1 aromatic heterocycles. The third kappa shape index (κ3) is 3.95. The number of halogens is 2. The summed E-state index contributed by atoms with van der Waals surface area (Å²) in [5.41, 5.74) is 0.838. The number of amides is 1. The van der Waals surface area contributed by atoms with Gasteiger partial charge in [0.25, 0.3) is 0 Å². The molecule has 106 valence electrons. The number of carbonyl (C=O) groups is 1. The van der Waals surface area contributed by atoms with Crippen molar-refractivity contribution in [2.75, 3.05) is 0 Å². The maximum Gasteiger partial charge on any atom is 0.222 e. The molecular formula is C13H14Cl2N4O. The number of hydrogen-bond acceptors (Lipinski definition) is 3. The van der Waals surface area contributed by atoms with Crippen molar-refractivity contribution in [1.82, 2.24) is 20.1 Å². The third-order valence-electron chi connectivity index (χ3n) is 2.84. The van der Waals surface area contributed by atoms with Gasteiger partial charge >= 0.3 is 0 Å². The van der Waals surface area contributed by atoms with E-state index in [1.165, 1.54) is 6.33 Å². The first kappa shape index (κ1) is 14.8. The second-order valence-electron chi connectivity index (χ2n) is 4.36. The van der Waals surface area contributed by atoms with Crippen LogP contribution in [0.3, 0.4) is 0 Å². The lowest BCUT2D eigenvalue weighted by molar-refractivity contribution is -0.122. The van der Waals surface area contributed by atoms with Crippen LogP contribution in [0.4, 0.5) is 0 Å². The highest BCUT2D eigenvalue weighted by Crippen LogP contribution is 2.26. The van der Waals surface area contributed by atoms with E-state index in [9.17, 15) is 4.79 Å². The van der Waals surface area contributed by atoms with Crippen LogP contribution in [0.25, 0.3) is 0 Å². The summed E-state index contributed by atoms with van der Waals surface area (Å²) in [7, 11) is 0. The lowest BCUT2D eigenvalue weighted by atomic mass is 10.1. The molecule has 1 N–H and O–H groups in total. The SMILES string of the molecule is C[C@H](NC(=O)CCn1cncn1)c1ccc(Cl)cc1Cl. The predicted octanol–water partition coefficient (Wildman–Crippen LogP) is 2.85. The van der Waals surface area contributed by atoms with Gasteiger partial charge in [-0.15, -0.1) is 0 Å². The highest BCUT2D eigenvalue weighted by molar-refractivity contribution is 6.35. The second-order valence-corrected chi connectivity index (χ2v) is 5.21. The molecule has 7 heteroatoms. The quantitative estimate of drug-likeness (QED) is 0.923. The van der Waals surface area contributed by atoms with Crippen LogP contribution in [0.5, 0.6) is 0 Å². The van der Waals surface area contributed by atoms with E-state index in [1.807, 2.05) is 13.0 Å². The Morgan fingerprint density at radius 2 is 2.25 bits per heavy atom. The minimum Gasteiger partial charge on any atom is -0.349 e. The lowest BCUT2D eigenvalue weighted by Gasteiger charge is -2.16. The summed E-state index contributed by atoms with van der Waals surface area (Å²) in [4.78, 5) is 15.7. The number of aromatic nitrogens is 3. The van der Waals surface area contributed by atoms with Gasteiger partial charge in [0.05, 0.1) is 12.6 Å². The van der Waals surface area contributed by atoms with Crippen molar-refractivity contribution in [3.8, 4) is 0 Å². The maximum absolute atomic E-state index is 11.9. The van der Waals surface area contributed by atoms with E-state index in [4.69, 9.17) is 23.2 Å². The van der Waals surface area contributed by atoms with Crippen molar-refractivity contribution in [2.24, 2.45) is 0 Å². The molecule has 0 bridgehead atoms. The van der Waals surface area contributed by atoms with Gasteiger partial charge in [-0.05, 0) is 24.6 Å². The summed E-state index contributed by atoms with van der Waals surface area (Å²) in [6, 6.07) is 5.05. The highest BCUT2D eigenvalue weighted by Gasteiger charge is 2.13. The van der Waals surface area contributed by atoms with Crippen LogP contribution in [0.1, 0.15) is 24.9 Å². The Morgan fingerprint density at radius 3 is 2.90 bits per heavy atom. The van der Waals surface area contributed by atoms with Crippen LogP contribution >= 0.6 is 23.2 Å². The van der Waals surface area contributed by atoms with Crippen LogP contribution < -0.4 is 5.32 Å². The fraction of sp³-hybridized carbons (Fsp3) is 0.308. The normalized spacial score (nSPS) is 12.2. The zero-order valence-corrected chi connectivity index (χ0v) is 12.4. The predicted molar refractivity (Wildman–Crippen MR) is 77.7 cm³/mol. The van der Waals surface area contributed by atoms with Gasteiger partial charge in [-0.1, -0.05) is 29.3 Å². The first-order valence-corrected chi connectivity index (χ1v) is 6.88. The summed E-state index contributed by atoms with van der Waals surface area (Å²) in [6.45, 7) is 2.37. The minimum absolute atomic E-state index is 0.0704. The largest absolute Gasteiger partial charge is 0.349 e. The molecule has 0 radical (unpaired) electrons. The Kier molecular flexibility index (Phi) is 4.98. The summed E-state index contributed by atoms with van der Waals surface area (Å²) >= 11 is 12.0. The van der Waals surface area contributed by atoms with E-state index in [0.29, 0.717) is 23.0 Å². The van der Waals surface area contributed by atoms with E-state index in [2.05, 4.69) is 15.4 Å². The summed E-state index contributed by atoms with van der Waals surface area (Å²) in [6.07, 6.45) is 3.35. The molecule has 0 spiro atoms. The molecule has 0 saturated heterocycles. The molecule has 0 aliphatic rings. The smallest absolute Gasteiger partial charge is 0.222 e. The van der Waals surface area contributed by atoms with Gasteiger partial charge in [0.1, 0.15) is 12.7 Å². The molecule has 0 unspecified atom stereocenters. The number of carbonyl (C=O) groups excluding carboxylic acids is 1. The first-order chi connectivity index (χ1) is 9.56. The number of rotatable bonds is 5. The van der Waals surface area contributed by atoms with Crippen molar-refractivity contribution in [3.05, 3.63) is 46.5 Å². The van der Waals surface area contributed by atoms with E-state index in [-0.39, 0.29) is 11.9 Å². The number of aryl methyl sites for hydroxylation is 1. The molecule has 1 heterocycles. The molecule has 1 atom stereocenters. The second kappa shape index (κ2) is 6.72. The fourth-order valence-electron chi connectivity index (χ4n) is 1.81. The Morgan fingerprint density at radius 1 is 1.45 bits per heavy atom. The molecule has 0 aliphatic heterocycles. The standard InChI is InChI=1S/C13H14Cl2N4O/c1-9(11-3-2-10(14)6-12(11)15)18-13(20)4-5-19-8-16-7-17-19/h2-3,6-9H,4-5H2,1H3,(H,18,20)/t9-/m0/s1. The van der Waals surface area contributed by atoms with Crippen LogP contribution in [0.2, 0.25) is 10.0 Å². The number of nitrogens with one attached hydrogen (secondary N) is 1. The molecule has 0 fully saturated rings. The van der Waals surface area contributed by atoms with Crippen LogP contribution in [0.15, 0.2) is 30.9 Å². The minimum atomic E-state index is -0.178. The van der Waals surface area contributed by atoms with Gasteiger partial charge in [0.2, 0.25) is 5.91 Å². The summed E-state index contributed by atoms with van der Waals surface area (Å²) in [5.74, 6) is -0.0704. The molecule has 0 saturated carbocycles. The molecule has 5 nitrogen and oxygen atoms in total. The van der Waals surface area contributed by atoms with Gasteiger partial charge < -0.3 is 5.32 Å². The van der Waals surface area contributed by atoms with E-state index in [0.717, 1.165) is 5.56 Å². The van der Waals surface area contributed by atoms with E-state index in [1.54, 1.807) is 23.1 Å². The van der Waals surface area contributed by atoms with Crippen LogP contribution in [-0.4, -0.2) is 20.7 Å². The van der Waals surface area contributed by atoms with Gasteiger partial charge in [-0.3, -0.25) is 9.48 Å². The zero-order chi connectivity index (χ0) is 14.5. The zero-order valence-electron chi connectivity index (χ0n) is 10.9. The Labute approximate surface area is 126 Å². The van der Waals surface area contributed by atoms with E-state index < -0.39 is 0 Å². The van der Waals surface area contributed by atoms with Crippen molar-refractivity contribution in [3.63, 3.8) is 0 Å². The fourth-order valence-corrected chi connectivity index (χ4v) is 2.38. The molecule has 20 heavy (non-hydrogen) atoms. The average molecular weight is 313 g/mol. The first-order valence-electron chi connectivity index (χ1n) is 6.13.